The average molecular weight is 257 g/mol. The number of benzene rings is 1. The molecule has 3 rings (SSSR count). The van der Waals surface area contributed by atoms with E-state index in [1.807, 2.05) is 12.1 Å². The molecule has 3 aromatic rings. The number of fused-ring (bicyclic) bond motifs is 1. The molecule has 1 aromatic carbocycles. The van der Waals surface area contributed by atoms with Crippen LogP contribution in [-0.4, -0.2) is 9.55 Å². The van der Waals surface area contributed by atoms with E-state index in [2.05, 4.69) is 41.7 Å². The van der Waals surface area contributed by atoms with Crippen molar-refractivity contribution >= 4 is 27.9 Å². The highest BCUT2D eigenvalue weighted by atomic mass is 32.1. The summed E-state index contributed by atoms with van der Waals surface area (Å²) in [6.07, 6.45) is 2.09. The van der Waals surface area contributed by atoms with Gasteiger partial charge in [-0.1, -0.05) is 0 Å². The monoisotopic (exact) mass is 257 g/mol. The van der Waals surface area contributed by atoms with Crippen molar-refractivity contribution in [2.24, 2.45) is 0 Å². The van der Waals surface area contributed by atoms with Gasteiger partial charge in [0.05, 0.1) is 12.2 Å². The fourth-order valence-electron chi connectivity index (χ4n) is 2.11. The van der Waals surface area contributed by atoms with Crippen molar-refractivity contribution in [1.29, 1.82) is 0 Å². The first-order valence-corrected chi connectivity index (χ1v) is 6.72. The normalized spacial score (nSPS) is 11.2. The fraction of sp³-hybridized carbons (Fsp3) is 0.214. The van der Waals surface area contributed by atoms with E-state index in [0.717, 1.165) is 22.9 Å². The number of hydrogen-bond donors (Lipinski definition) is 1. The molecule has 0 aliphatic heterocycles. The molecule has 0 atom stereocenters. The van der Waals surface area contributed by atoms with Crippen LogP contribution in [0.4, 0.5) is 5.69 Å². The Kier molecular flexibility index (Phi) is 2.59. The van der Waals surface area contributed by atoms with Gasteiger partial charge in [-0.05, 0) is 38.1 Å². The number of nitrogens with zero attached hydrogens (tertiary/aromatic N) is 2. The number of anilines is 1. The predicted molar refractivity (Wildman–Crippen MR) is 77.0 cm³/mol. The van der Waals surface area contributed by atoms with Gasteiger partial charge in [0, 0.05) is 27.7 Å². The zero-order valence-corrected chi connectivity index (χ0v) is 11.3. The number of aromatic nitrogens is 2. The maximum Gasteiger partial charge on any atom is 0.113 e. The van der Waals surface area contributed by atoms with Crippen LogP contribution >= 0.6 is 11.3 Å². The molecule has 0 amide bonds. The molecule has 18 heavy (non-hydrogen) atoms. The van der Waals surface area contributed by atoms with E-state index in [-0.39, 0.29) is 0 Å². The first kappa shape index (κ1) is 11.3. The van der Waals surface area contributed by atoms with Crippen molar-refractivity contribution in [3.05, 3.63) is 46.0 Å². The lowest BCUT2D eigenvalue weighted by Gasteiger charge is -2.02. The Hall–Kier alpha value is -1.81. The molecule has 4 heteroatoms. The summed E-state index contributed by atoms with van der Waals surface area (Å²) in [7, 11) is 0. The third kappa shape index (κ3) is 1.88. The SMILES string of the molecule is Cc1nc(Cn2ccc3cc(N)ccc32)sc1C. The molecule has 0 saturated carbocycles. The minimum Gasteiger partial charge on any atom is -0.399 e. The second-order valence-corrected chi connectivity index (χ2v) is 5.80. The molecule has 3 nitrogen and oxygen atoms in total. The largest absolute Gasteiger partial charge is 0.399 e. The molecule has 0 aliphatic rings. The van der Waals surface area contributed by atoms with Gasteiger partial charge in [-0.3, -0.25) is 0 Å². The van der Waals surface area contributed by atoms with Crippen LogP contribution in [0.3, 0.4) is 0 Å². The lowest BCUT2D eigenvalue weighted by atomic mass is 10.2. The number of thiazole rings is 1. The van der Waals surface area contributed by atoms with E-state index >= 15 is 0 Å². The average Bonchev–Trinajstić information content (AvgIpc) is 2.84. The van der Waals surface area contributed by atoms with Crippen molar-refractivity contribution in [3.63, 3.8) is 0 Å². The van der Waals surface area contributed by atoms with E-state index in [9.17, 15) is 0 Å². The van der Waals surface area contributed by atoms with Crippen molar-refractivity contribution in [2.45, 2.75) is 20.4 Å². The smallest absolute Gasteiger partial charge is 0.113 e. The summed E-state index contributed by atoms with van der Waals surface area (Å²) in [5, 5.41) is 2.33. The van der Waals surface area contributed by atoms with Gasteiger partial charge in [-0.15, -0.1) is 11.3 Å². The van der Waals surface area contributed by atoms with Crippen LogP contribution in [0.15, 0.2) is 30.5 Å². The van der Waals surface area contributed by atoms with Crippen LogP contribution < -0.4 is 5.73 Å². The molecule has 2 aromatic heterocycles. The molecule has 0 radical (unpaired) electrons. The summed E-state index contributed by atoms with van der Waals surface area (Å²) in [4.78, 5) is 5.88. The summed E-state index contributed by atoms with van der Waals surface area (Å²) >= 11 is 1.77. The Morgan fingerprint density at radius 1 is 1.28 bits per heavy atom. The van der Waals surface area contributed by atoms with Gasteiger partial charge in [-0.2, -0.15) is 0 Å². The van der Waals surface area contributed by atoms with Crippen LogP contribution in [0.5, 0.6) is 0 Å². The van der Waals surface area contributed by atoms with E-state index < -0.39 is 0 Å². The van der Waals surface area contributed by atoms with E-state index in [4.69, 9.17) is 5.73 Å². The van der Waals surface area contributed by atoms with Gasteiger partial charge in [0.1, 0.15) is 5.01 Å². The molecule has 0 bridgehead atoms. The standard InChI is InChI=1S/C14H15N3S/c1-9-10(2)18-14(16-9)8-17-6-5-11-7-12(15)3-4-13(11)17/h3-7H,8,15H2,1-2H3. The molecular formula is C14H15N3S. The maximum absolute atomic E-state index is 5.79. The van der Waals surface area contributed by atoms with Crippen LogP contribution in [0, 0.1) is 13.8 Å². The van der Waals surface area contributed by atoms with Gasteiger partial charge in [0.25, 0.3) is 0 Å². The van der Waals surface area contributed by atoms with Crippen molar-refractivity contribution in [3.8, 4) is 0 Å². The lowest BCUT2D eigenvalue weighted by Crippen LogP contribution is -1.97. The van der Waals surface area contributed by atoms with E-state index in [1.165, 1.54) is 15.8 Å². The van der Waals surface area contributed by atoms with Crippen molar-refractivity contribution in [2.75, 3.05) is 5.73 Å². The van der Waals surface area contributed by atoms with Gasteiger partial charge in [0.15, 0.2) is 0 Å². The molecule has 0 spiro atoms. The second kappa shape index (κ2) is 4.14. The van der Waals surface area contributed by atoms with Crippen LogP contribution in [-0.2, 0) is 6.54 Å². The topological polar surface area (TPSA) is 43.8 Å². The quantitative estimate of drug-likeness (QED) is 0.715. The Balaban J connectivity index is 2.00. The lowest BCUT2D eigenvalue weighted by molar-refractivity contribution is 0.824. The van der Waals surface area contributed by atoms with Crippen LogP contribution in [0.25, 0.3) is 10.9 Å². The van der Waals surface area contributed by atoms with E-state index in [1.54, 1.807) is 11.3 Å². The molecule has 0 fully saturated rings. The third-order valence-electron chi connectivity index (χ3n) is 3.17. The molecule has 92 valence electrons. The Morgan fingerprint density at radius 2 is 2.11 bits per heavy atom. The molecule has 0 unspecified atom stereocenters. The summed E-state index contributed by atoms with van der Waals surface area (Å²) < 4.78 is 2.21. The van der Waals surface area contributed by atoms with Gasteiger partial charge >= 0.3 is 0 Å². The molecule has 0 aliphatic carbocycles. The Morgan fingerprint density at radius 3 is 2.83 bits per heavy atom. The summed E-state index contributed by atoms with van der Waals surface area (Å²) in [6, 6.07) is 8.11. The zero-order chi connectivity index (χ0) is 12.7. The third-order valence-corrected chi connectivity index (χ3v) is 4.23. The van der Waals surface area contributed by atoms with Crippen molar-refractivity contribution < 1.29 is 0 Å². The summed E-state index contributed by atoms with van der Waals surface area (Å²) in [5.41, 5.74) is 8.93. The highest BCUT2D eigenvalue weighted by molar-refractivity contribution is 7.11. The molecule has 0 saturated heterocycles. The van der Waals surface area contributed by atoms with Crippen LogP contribution in [0.2, 0.25) is 0 Å². The van der Waals surface area contributed by atoms with E-state index in [0.29, 0.717) is 0 Å². The first-order valence-electron chi connectivity index (χ1n) is 5.91. The maximum atomic E-state index is 5.79. The minimum atomic E-state index is 0.807. The predicted octanol–water partition coefficient (Wildman–Crippen LogP) is 3.35. The minimum absolute atomic E-state index is 0.807. The van der Waals surface area contributed by atoms with Crippen LogP contribution in [0.1, 0.15) is 15.6 Å². The number of aryl methyl sites for hydroxylation is 2. The Bertz CT molecular complexity index is 689. The molecule has 2 heterocycles. The van der Waals surface area contributed by atoms with Gasteiger partial charge in [-0.25, -0.2) is 4.98 Å². The number of hydrogen-bond acceptors (Lipinski definition) is 3. The number of nitrogen functional groups attached to an aromatic ring is 1. The zero-order valence-electron chi connectivity index (χ0n) is 10.5. The fourth-order valence-corrected chi connectivity index (χ4v) is 3.04. The highest BCUT2D eigenvalue weighted by Gasteiger charge is 2.06. The summed E-state index contributed by atoms with van der Waals surface area (Å²) in [5.74, 6) is 0. The second-order valence-electron chi connectivity index (χ2n) is 4.51. The molecule has 2 N–H and O–H groups in total. The number of nitrogens with two attached hydrogens (primary N) is 1. The van der Waals surface area contributed by atoms with Gasteiger partial charge in [0.2, 0.25) is 0 Å². The number of rotatable bonds is 2. The summed E-state index contributed by atoms with van der Waals surface area (Å²) in [6.45, 7) is 5.00. The Labute approximate surface area is 110 Å². The van der Waals surface area contributed by atoms with Gasteiger partial charge < -0.3 is 10.3 Å². The molecular weight excluding hydrogens is 242 g/mol. The highest BCUT2D eigenvalue weighted by Crippen LogP contribution is 2.22. The van der Waals surface area contributed by atoms with Crippen molar-refractivity contribution in [1.82, 2.24) is 9.55 Å². The first-order chi connectivity index (χ1) is 8.63.